The van der Waals surface area contributed by atoms with Gasteiger partial charge in [-0.1, -0.05) is 69.3 Å². The molecule has 0 amide bonds. The average molecular weight is 346 g/mol. The molecule has 0 radical (unpaired) electrons. The molecule has 0 aliphatic carbocycles. The maximum absolute atomic E-state index is 6.11. The average Bonchev–Trinajstić information content (AvgIpc) is 2.64. The summed E-state index contributed by atoms with van der Waals surface area (Å²) in [5.74, 6) is 1.71. The lowest BCUT2D eigenvalue weighted by Crippen LogP contribution is -2.21. The molecule has 0 bridgehead atoms. The number of rotatable bonds is 6. The van der Waals surface area contributed by atoms with Crippen LogP contribution in [0.2, 0.25) is 0 Å². The Hall–Kier alpha value is -2.78. The molecule has 0 spiro atoms. The van der Waals surface area contributed by atoms with Crippen LogP contribution in [0, 0.1) is 0 Å². The first-order valence-electron chi connectivity index (χ1n) is 8.92. The number of hydrogen-bond acceptors (Lipinski definition) is 3. The van der Waals surface area contributed by atoms with Gasteiger partial charge in [0.05, 0.1) is 0 Å². The Morgan fingerprint density at radius 1 is 0.769 bits per heavy atom. The molecule has 3 aromatic carbocycles. The van der Waals surface area contributed by atoms with Crippen LogP contribution < -0.4 is 15.6 Å². The minimum Gasteiger partial charge on any atom is -0.457 e. The number of anilines is 1. The molecule has 0 atom stereocenters. The second-order valence-electron chi connectivity index (χ2n) is 7.33. The molecule has 0 saturated carbocycles. The van der Waals surface area contributed by atoms with Crippen molar-refractivity contribution >= 4 is 5.69 Å². The first-order chi connectivity index (χ1) is 12.5. The van der Waals surface area contributed by atoms with E-state index in [1.54, 1.807) is 0 Å². The van der Waals surface area contributed by atoms with E-state index in [4.69, 9.17) is 4.74 Å². The molecule has 3 heteroatoms. The van der Waals surface area contributed by atoms with Crippen molar-refractivity contribution in [1.82, 2.24) is 5.43 Å². The zero-order chi connectivity index (χ0) is 18.4. The van der Waals surface area contributed by atoms with Crippen LogP contribution in [0.25, 0.3) is 0 Å². The van der Waals surface area contributed by atoms with Crippen molar-refractivity contribution in [2.75, 3.05) is 5.43 Å². The summed E-state index contributed by atoms with van der Waals surface area (Å²) < 4.78 is 6.11. The van der Waals surface area contributed by atoms with Crippen LogP contribution in [-0.4, -0.2) is 0 Å². The highest BCUT2D eigenvalue weighted by atomic mass is 16.5. The Kier molecular flexibility index (Phi) is 5.59. The Labute approximate surface area is 156 Å². The SMILES string of the molecule is CC(C)(C)c1ccc(Oc2ccccc2CNNc2ccccc2)cc1. The summed E-state index contributed by atoms with van der Waals surface area (Å²) in [6.07, 6.45) is 0. The van der Waals surface area contributed by atoms with E-state index in [0.717, 1.165) is 22.7 Å². The summed E-state index contributed by atoms with van der Waals surface area (Å²) >= 11 is 0. The summed E-state index contributed by atoms with van der Waals surface area (Å²) in [7, 11) is 0. The molecular formula is C23H26N2O. The van der Waals surface area contributed by atoms with Gasteiger partial charge in [0.2, 0.25) is 0 Å². The van der Waals surface area contributed by atoms with Gasteiger partial charge in [-0.25, -0.2) is 5.43 Å². The maximum Gasteiger partial charge on any atom is 0.131 e. The van der Waals surface area contributed by atoms with Gasteiger partial charge in [-0.15, -0.1) is 0 Å². The molecule has 3 nitrogen and oxygen atoms in total. The lowest BCUT2D eigenvalue weighted by Gasteiger charge is -2.19. The highest BCUT2D eigenvalue weighted by molar-refractivity contribution is 5.42. The van der Waals surface area contributed by atoms with E-state index in [0.29, 0.717) is 6.54 Å². The number of benzene rings is 3. The van der Waals surface area contributed by atoms with Crippen molar-refractivity contribution in [3.05, 3.63) is 90.0 Å². The number of ether oxygens (including phenoxy) is 1. The van der Waals surface area contributed by atoms with Crippen LogP contribution in [0.3, 0.4) is 0 Å². The van der Waals surface area contributed by atoms with Crippen molar-refractivity contribution in [3.8, 4) is 11.5 Å². The monoisotopic (exact) mass is 346 g/mol. The molecule has 0 aliphatic rings. The second kappa shape index (κ2) is 8.07. The summed E-state index contributed by atoms with van der Waals surface area (Å²) in [4.78, 5) is 0. The molecule has 3 rings (SSSR count). The van der Waals surface area contributed by atoms with Crippen molar-refractivity contribution in [1.29, 1.82) is 0 Å². The van der Waals surface area contributed by atoms with Crippen LogP contribution >= 0.6 is 0 Å². The lowest BCUT2D eigenvalue weighted by molar-refractivity contribution is 0.473. The fraction of sp³-hybridized carbons (Fsp3) is 0.217. The van der Waals surface area contributed by atoms with Crippen molar-refractivity contribution in [2.45, 2.75) is 32.7 Å². The second-order valence-corrected chi connectivity index (χ2v) is 7.33. The summed E-state index contributed by atoms with van der Waals surface area (Å²) in [6.45, 7) is 7.29. The Bertz CT molecular complexity index is 821. The Morgan fingerprint density at radius 2 is 1.42 bits per heavy atom. The first-order valence-corrected chi connectivity index (χ1v) is 8.92. The van der Waals surface area contributed by atoms with Crippen LogP contribution in [0.5, 0.6) is 11.5 Å². The van der Waals surface area contributed by atoms with Gasteiger partial charge in [-0.2, -0.15) is 0 Å². The highest BCUT2D eigenvalue weighted by Gasteiger charge is 2.13. The maximum atomic E-state index is 6.11. The highest BCUT2D eigenvalue weighted by Crippen LogP contribution is 2.28. The molecule has 134 valence electrons. The molecule has 0 saturated heterocycles. The molecule has 0 fully saturated rings. The molecular weight excluding hydrogens is 320 g/mol. The fourth-order valence-corrected chi connectivity index (χ4v) is 2.66. The van der Waals surface area contributed by atoms with E-state index in [1.807, 2.05) is 60.7 Å². The summed E-state index contributed by atoms with van der Waals surface area (Å²) in [6, 6.07) is 26.5. The van der Waals surface area contributed by atoms with Crippen LogP contribution in [0.15, 0.2) is 78.9 Å². The van der Waals surface area contributed by atoms with Gasteiger partial charge in [0.25, 0.3) is 0 Å². The Balaban J connectivity index is 1.65. The molecule has 26 heavy (non-hydrogen) atoms. The Morgan fingerprint density at radius 3 is 2.12 bits per heavy atom. The van der Waals surface area contributed by atoms with Crippen molar-refractivity contribution in [3.63, 3.8) is 0 Å². The quantitative estimate of drug-likeness (QED) is 0.546. The van der Waals surface area contributed by atoms with Crippen LogP contribution in [-0.2, 0) is 12.0 Å². The third kappa shape index (κ3) is 4.87. The standard InChI is InChI=1S/C23H26N2O/c1-23(2,3)19-13-15-21(16-14-19)26-22-12-8-7-9-18(22)17-24-25-20-10-5-4-6-11-20/h4-16,24-25H,17H2,1-3H3. The van der Waals surface area contributed by atoms with Crippen molar-refractivity contribution < 1.29 is 4.74 Å². The predicted molar refractivity (Wildman–Crippen MR) is 109 cm³/mol. The van der Waals surface area contributed by atoms with Gasteiger partial charge < -0.3 is 10.2 Å². The smallest absolute Gasteiger partial charge is 0.131 e. The van der Waals surface area contributed by atoms with Gasteiger partial charge in [0.15, 0.2) is 0 Å². The topological polar surface area (TPSA) is 33.3 Å². The predicted octanol–water partition coefficient (Wildman–Crippen LogP) is 5.89. The van der Waals surface area contributed by atoms with E-state index >= 15 is 0 Å². The van der Waals surface area contributed by atoms with Crippen molar-refractivity contribution in [2.24, 2.45) is 0 Å². The summed E-state index contributed by atoms with van der Waals surface area (Å²) in [5, 5.41) is 0. The molecule has 2 N–H and O–H groups in total. The molecule has 0 heterocycles. The van der Waals surface area contributed by atoms with E-state index in [9.17, 15) is 0 Å². The van der Waals surface area contributed by atoms with Crippen LogP contribution in [0.1, 0.15) is 31.9 Å². The molecule has 3 aromatic rings. The van der Waals surface area contributed by atoms with Gasteiger partial charge in [0, 0.05) is 17.8 Å². The lowest BCUT2D eigenvalue weighted by atomic mass is 9.87. The number of hydrazine groups is 1. The zero-order valence-corrected chi connectivity index (χ0v) is 15.6. The van der Waals surface area contributed by atoms with E-state index in [-0.39, 0.29) is 5.41 Å². The minimum atomic E-state index is 0.142. The number of nitrogens with one attached hydrogen (secondary N) is 2. The normalized spacial score (nSPS) is 11.2. The van der Waals surface area contributed by atoms with Gasteiger partial charge in [0.1, 0.15) is 11.5 Å². The molecule has 0 unspecified atom stereocenters. The van der Waals surface area contributed by atoms with Gasteiger partial charge >= 0.3 is 0 Å². The zero-order valence-electron chi connectivity index (χ0n) is 15.6. The van der Waals surface area contributed by atoms with Crippen LogP contribution in [0.4, 0.5) is 5.69 Å². The minimum absolute atomic E-state index is 0.142. The van der Waals surface area contributed by atoms with E-state index in [1.165, 1.54) is 5.56 Å². The van der Waals surface area contributed by atoms with Gasteiger partial charge in [-0.05, 0) is 41.3 Å². The largest absolute Gasteiger partial charge is 0.457 e. The fourth-order valence-electron chi connectivity index (χ4n) is 2.66. The van der Waals surface area contributed by atoms with E-state index < -0.39 is 0 Å². The third-order valence-corrected chi connectivity index (χ3v) is 4.21. The van der Waals surface area contributed by atoms with Gasteiger partial charge in [-0.3, -0.25) is 0 Å². The number of hydrogen-bond donors (Lipinski definition) is 2. The first kappa shape index (κ1) is 18.0. The summed E-state index contributed by atoms with van der Waals surface area (Å²) in [5.41, 5.74) is 10.0. The van der Waals surface area contributed by atoms with E-state index in [2.05, 4.69) is 49.8 Å². The third-order valence-electron chi connectivity index (χ3n) is 4.21. The molecule has 0 aromatic heterocycles. The molecule has 0 aliphatic heterocycles. The number of para-hydroxylation sites is 2.